The third-order valence-corrected chi connectivity index (χ3v) is 5.40. The molecular weight excluding hydrogens is 273 g/mol. The molecule has 0 spiro atoms. The van der Waals surface area contributed by atoms with Crippen LogP contribution in [0.4, 0.5) is 0 Å². The van der Waals surface area contributed by atoms with E-state index in [-0.39, 0.29) is 18.3 Å². The van der Waals surface area contributed by atoms with Gasteiger partial charge in [0.2, 0.25) is 0 Å². The Labute approximate surface area is 135 Å². The van der Waals surface area contributed by atoms with Gasteiger partial charge < -0.3 is 9.31 Å². The topological polar surface area (TPSA) is 21.7 Å². The molecule has 0 amide bonds. The highest BCUT2D eigenvalue weighted by Gasteiger charge is 2.52. The molecular formula is C18H28BNO2. The lowest BCUT2D eigenvalue weighted by molar-refractivity contribution is 0.00578. The van der Waals surface area contributed by atoms with E-state index in [2.05, 4.69) is 56.9 Å². The molecule has 0 bridgehead atoms. The van der Waals surface area contributed by atoms with Gasteiger partial charge in [-0.15, -0.1) is 0 Å². The van der Waals surface area contributed by atoms with Crippen LogP contribution >= 0.6 is 0 Å². The van der Waals surface area contributed by atoms with Crippen molar-refractivity contribution in [3.05, 3.63) is 29.8 Å². The van der Waals surface area contributed by atoms with Crippen molar-refractivity contribution in [2.75, 3.05) is 13.1 Å². The molecule has 2 aliphatic rings. The Bertz CT molecular complexity index is 508. The lowest BCUT2D eigenvalue weighted by Gasteiger charge is -2.32. The SMILES string of the molecule is CC1(C)OB(c2ccccc2CN2CCCCC2)OC1(C)C. The Morgan fingerprint density at radius 2 is 1.55 bits per heavy atom. The largest absolute Gasteiger partial charge is 0.495 e. The van der Waals surface area contributed by atoms with Crippen LogP contribution in [0.2, 0.25) is 0 Å². The van der Waals surface area contributed by atoms with E-state index < -0.39 is 0 Å². The molecule has 0 aromatic heterocycles. The summed E-state index contributed by atoms with van der Waals surface area (Å²) >= 11 is 0. The van der Waals surface area contributed by atoms with E-state index in [0.29, 0.717) is 0 Å². The van der Waals surface area contributed by atoms with Crippen molar-refractivity contribution in [2.24, 2.45) is 0 Å². The van der Waals surface area contributed by atoms with Crippen LogP contribution in [0.1, 0.15) is 52.5 Å². The van der Waals surface area contributed by atoms with Crippen LogP contribution in [0.25, 0.3) is 0 Å². The zero-order valence-electron chi connectivity index (χ0n) is 14.4. The van der Waals surface area contributed by atoms with E-state index in [1.807, 2.05) is 0 Å². The predicted molar refractivity (Wildman–Crippen MR) is 91.3 cm³/mol. The number of likely N-dealkylation sites (tertiary alicyclic amines) is 1. The highest BCUT2D eigenvalue weighted by atomic mass is 16.7. The van der Waals surface area contributed by atoms with Crippen LogP contribution in [0.15, 0.2) is 24.3 Å². The molecule has 2 fully saturated rings. The summed E-state index contributed by atoms with van der Waals surface area (Å²) in [6.07, 6.45) is 4.01. The number of nitrogens with zero attached hydrogens (tertiary/aromatic N) is 1. The molecule has 22 heavy (non-hydrogen) atoms. The van der Waals surface area contributed by atoms with Gasteiger partial charge in [-0.3, -0.25) is 4.90 Å². The Kier molecular flexibility index (Phi) is 4.37. The summed E-state index contributed by atoms with van der Waals surface area (Å²) in [5, 5.41) is 0. The second-order valence-electron chi connectivity index (χ2n) is 7.62. The van der Waals surface area contributed by atoms with Crippen LogP contribution in [0.3, 0.4) is 0 Å². The molecule has 1 aromatic rings. The van der Waals surface area contributed by atoms with E-state index in [9.17, 15) is 0 Å². The number of rotatable bonds is 3. The minimum Gasteiger partial charge on any atom is -0.399 e. The van der Waals surface area contributed by atoms with Gasteiger partial charge in [-0.25, -0.2) is 0 Å². The van der Waals surface area contributed by atoms with Gasteiger partial charge >= 0.3 is 7.12 Å². The molecule has 0 aliphatic carbocycles. The van der Waals surface area contributed by atoms with E-state index in [1.165, 1.54) is 43.4 Å². The van der Waals surface area contributed by atoms with Crippen molar-refractivity contribution in [2.45, 2.75) is 64.7 Å². The normalized spacial score (nSPS) is 24.6. The molecule has 0 unspecified atom stereocenters. The molecule has 0 N–H and O–H groups in total. The fourth-order valence-corrected chi connectivity index (χ4v) is 3.24. The first-order valence-electron chi connectivity index (χ1n) is 8.55. The smallest absolute Gasteiger partial charge is 0.399 e. The molecule has 0 radical (unpaired) electrons. The number of benzene rings is 1. The molecule has 3 rings (SSSR count). The first-order valence-corrected chi connectivity index (χ1v) is 8.55. The number of piperidine rings is 1. The molecule has 2 aliphatic heterocycles. The number of hydrogen-bond acceptors (Lipinski definition) is 3. The van der Waals surface area contributed by atoms with E-state index >= 15 is 0 Å². The highest BCUT2D eigenvalue weighted by Crippen LogP contribution is 2.36. The van der Waals surface area contributed by atoms with Gasteiger partial charge in [0.25, 0.3) is 0 Å². The van der Waals surface area contributed by atoms with Crippen LogP contribution in [0.5, 0.6) is 0 Å². The average Bonchev–Trinajstić information content (AvgIpc) is 2.69. The van der Waals surface area contributed by atoms with Gasteiger partial charge in [-0.05, 0) is 64.7 Å². The lowest BCUT2D eigenvalue weighted by atomic mass is 9.76. The second-order valence-corrected chi connectivity index (χ2v) is 7.62. The molecule has 1 aromatic carbocycles. The maximum atomic E-state index is 6.24. The summed E-state index contributed by atoms with van der Waals surface area (Å²) in [5.41, 5.74) is 1.96. The maximum absolute atomic E-state index is 6.24. The number of hydrogen-bond donors (Lipinski definition) is 0. The Morgan fingerprint density at radius 1 is 0.955 bits per heavy atom. The highest BCUT2D eigenvalue weighted by molar-refractivity contribution is 6.62. The van der Waals surface area contributed by atoms with Crippen molar-refractivity contribution in [3.63, 3.8) is 0 Å². The Hall–Kier alpha value is -0.835. The first-order chi connectivity index (χ1) is 10.4. The van der Waals surface area contributed by atoms with Crippen molar-refractivity contribution >= 4 is 12.6 Å². The van der Waals surface area contributed by atoms with Crippen LogP contribution in [-0.2, 0) is 15.9 Å². The maximum Gasteiger partial charge on any atom is 0.495 e. The molecule has 3 nitrogen and oxygen atoms in total. The minimum atomic E-state index is -0.282. The van der Waals surface area contributed by atoms with Crippen LogP contribution in [-0.4, -0.2) is 36.3 Å². The first kappa shape index (κ1) is 16.0. The van der Waals surface area contributed by atoms with E-state index in [0.717, 1.165) is 6.54 Å². The average molecular weight is 301 g/mol. The lowest BCUT2D eigenvalue weighted by Crippen LogP contribution is -2.41. The standard InChI is InChI=1S/C18H28BNO2/c1-17(2)18(3,4)22-19(21-17)16-11-7-6-10-15(16)14-20-12-8-5-9-13-20/h6-7,10-11H,5,8-9,12-14H2,1-4H3. The Morgan fingerprint density at radius 3 is 2.18 bits per heavy atom. The quantitative estimate of drug-likeness (QED) is 0.801. The van der Waals surface area contributed by atoms with Crippen molar-refractivity contribution in [3.8, 4) is 0 Å². The van der Waals surface area contributed by atoms with Crippen molar-refractivity contribution in [1.29, 1.82) is 0 Å². The van der Waals surface area contributed by atoms with Crippen molar-refractivity contribution < 1.29 is 9.31 Å². The summed E-state index contributed by atoms with van der Waals surface area (Å²) in [6, 6.07) is 8.57. The summed E-state index contributed by atoms with van der Waals surface area (Å²) in [5.74, 6) is 0. The van der Waals surface area contributed by atoms with Gasteiger partial charge in [-0.1, -0.05) is 30.7 Å². The fraction of sp³-hybridized carbons (Fsp3) is 0.667. The molecule has 2 heterocycles. The zero-order chi connectivity index (χ0) is 15.8. The van der Waals surface area contributed by atoms with Gasteiger partial charge in [0.1, 0.15) is 0 Å². The third kappa shape index (κ3) is 3.10. The minimum absolute atomic E-state index is 0.258. The predicted octanol–water partition coefficient (Wildman–Crippen LogP) is 2.97. The van der Waals surface area contributed by atoms with Gasteiger partial charge in [0.05, 0.1) is 11.2 Å². The van der Waals surface area contributed by atoms with Crippen LogP contribution in [0, 0.1) is 0 Å². The summed E-state index contributed by atoms with van der Waals surface area (Å²) < 4.78 is 12.5. The monoisotopic (exact) mass is 301 g/mol. The van der Waals surface area contributed by atoms with Gasteiger partial charge in [-0.2, -0.15) is 0 Å². The van der Waals surface area contributed by atoms with E-state index in [4.69, 9.17) is 9.31 Å². The zero-order valence-corrected chi connectivity index (χ0v) is 14.4. The van der Waals surface area contributed by atoms with Crippen LogP contribution < -0.4 is 5.46 Å². The molecule has 2 saturated heterocycles. The summed E-state index contributed by atoms with van der Waals surface area (Å²) in [7, 11) is -0.258. The summed E-state index contributed by atoms with van der Waals surface area (Å²) in [6.45, 7) is 11.9. The molecule has 4 heteroatoms. The van der Waals surface area contributed by atoms with E-state index in [1.54, 1.807) is 0 Å². The molecule has 0 atom stereocenters. The Balaban J connectivity index is 1.80. The fourth-order valence-electron chi connectivity index (χ4n) is 3.24. The third-order valence-electron chi connectivity index (χ3n) is 5.40. The van der Waals surface area contributed by atoms with Gasteiger partial charge in [0.15, 0.2) is 0 Å². The van der Waals surface area contributed by atoms with Gasteiger partial charge in [0, 0.05) is 6.54 Å². The van der Waals surface area contributed by atoms with Crippen molar-refractivity contribution in [1.82, 2.24) is 4.90 Å². The summed E-state index contributed by atoms with van der Waals surface area (Å²) in [4.78, 5) is 2.55. The molecule has 0 saturated carbocycles. The second kappa shape index (κ2) is 5.99. The molecule has 120 valence electrons.